The molecule has 1 aliphatic rings. The smallest absolute Gasteiger partial charge is 0.261 e. The number of carbonyl (C=O) groups is 3. The number of aliphatic hydroxyl groups is 1. The average Bonchev–Trinajstić information content (AvgIpc) is 2.70. The maximum absolute atomic E-state index is 12.7. The Morgan fingerprint density at radius 3 is 2.30 bits per heavy atom. The van der Waals surface area contributed by atoms with Crippen LogP contribution in [0, 0.1) is 0 Å². The first kappa shape index (κ1) is 16.9. The summed E-state index contributed by atoms with van der Waals surface area (Å²) >= 11 is 0. The molecule has 27 heavy (non-hydrogen) atoms. The van der Waals surface area contributed by atoms with E-state index in [1.54, 1.807) is 54.6 Å². The summed E-state index contributed by atoms with van der Waals surface area (Å²) in [5, 5.41) is 10.3. The first-order valence-electron chi connectivity index (χ1n) is 8.40. The molecule has 6 nitrogen and oxygen atoms in total. The summed E-state index contributed by atoms with van der Waals surface area (Å²) in [4.78, 5) is 37.2. The third kappa shape index (κ3) is 2.76. The van der Waals surface area contributed by atoms with E-state index in [1.165, 1.54) is 0 Å². The lowest BCUT2D eigenvalue weighted by Crippen LogP contribution is -2.41. The molecular formula is C21H15NO5. The molecule has 1 heterocycles. The van der Waals surface area contributed by atoms with Crippen molar-refractivity contribution < 1.29 is 24.2 Å². The van der Waals surface area contributed by atoms with Crippen molar-refractivity contribution in [2.45, 2.75) is 0 Å². The van der Waals surface area contributed by atoms with Crippen LogP contribution in [0.1, 0.15) is 31.1 Å². The van der Waals surface area contributed by atoms with Crippen molar-refractivity contribution >= 4 is 28.9 Å². The van der Waals surface area contributed by atoms with Crippen LogP contribution in [0.4, 0.5) is 0 Å². The van der Waals surface area contributed by atoms with Gasteiger partial charge in [-0.15, -0.1) is 0 Å². The monoisotopic (exact) mass is 361 g/mol. The minimum atomic E-state index is -0.431. The van der Waals surface area contributed by atoms with Crippen LogP contribution in [0.5, 0.6) is 11.5 Å². The molecule has 0 aromatic heterocycles. The molecule has 0 unspecified atom stereocenters. The molecule has 4 rings (SSSR count). The Balaban J connectivity index is 1.82. The van der Waals surface area contributed by atoms with Crippen LogP contribution in [-0.2, 0) is 0 Å². The Labute approximate surface area is 154 Å². The summed E-state index contributed by atoms with van der Waals surface area (Å²) in [6.45, 7) is -0.338. The predicted octanol–water partition coefficient (Wildman–Crippen LogP) is 3.03. The fourth-order valence-electron chi connectivity index (χ4n) is 3.25. The van der Waals surface area contributed by atoms with Crippen LogP contribution in [-0.4, -0.2) is 41.3 Å². The lowest BCUT2D eigenvalue weighted by molar-refractivity contribution is 0.0580. The summed E-state index contributed by atoms with van der Waals surface area (Å²) in [5.74, 6) is 0.182. The molecular weight excluding hydrogens is 346 g/mol. The van der Waals surface area contributed by atoms with Crippen molar-refractivity contribution in [3.05, 3.63) is 71.3 Å². The van der Waals surface area contributed by atoms with Gasteiger partial charge in [-0.25, -0.2) is 0 Å². The van der Waals surface area contributed by atoms with Gasteiger partial charge in [-0.2, -0.15) is 0 Å². The van der Waals surface area contributed by atoms with Gasteiger partial charge in [0.1, 0.15) is 17.8 Å². The second-order valence-corrected chi connectivity index (χ2v) is 6.11. The Kier molecular flexibility index (Phi) is 4.18. The SMILES string of the molecule is O=Cc1ccc(Oc2ccc3c4c(cccc24)C(=O)N(CCO)C3=O)cc1. The van der Waals surface area contributed by atoms with Crippen LogP contribution in [0.15, 0.2) is 54.6 Å². The molecule has 0 fully saturated rings. The lowest BCUT2D eigenvalue weighted by Gasteiger charge is -2.27. The maximum Gasteiger partial charge on any atom is 0.261 e. The molecule has 0 atom stereocenters. The van der Waals surface area contributed by atoms with Crippen molar-refractivity contribution in [1.29, 1.82) is 0 Å². The van der Waals surface area contributed by atoms with Crippen LogP contribution < -0.4 is 4.74 Å². The fourth-order valence-corrected chi connectivity index (χ4v) is 3.25. The van der Waals surface area contributed by atoms with Gasteiger partial charge in [0.15, 0.2) is 0 Å². The van der Waals surface area contributed by atoms with E-state index in [4.69, 9.17) is 9.84 Å². The molecule has 134 valence electrons. The van der Waals surface area contributed by atoms with E-state index in [9.17, 15) is 14.4 Å². The molecule has 1 N–H and O–H groups in total. The van der Waals surface area contributed by atoms with Gasteiger partial charge in [0, 0.05) is 27.5 Å². The maximum atomic E-state index is 12.7. The van der Waals surface area contributed by atoms with Gasteiger partial charge in [0.2, 0.25) is 0 Å². The molecule has 0 saturated carbocycles. The second kappa shape index (κ2) is 6.66. The highest BCUT2D eigenvalue weighted by molar-refractivity contribution is 6.26. The molecule has 0 radical (unpaired) electrons. The van der Waals surface area contributed by atoms with Gasteiger partial charge in [0.05, 0.1) is 13.2 Å². The standard InChI is InChI=1S/C21H15NO5/c23-11-10-22-20(25)16-3-1-2-15-18(9-8-17(19(15)16)21(22)26)27-14-6-4-13(12-24)5-7-14/h1-9,12,23H,10-11H2. The fraction of sp³-hybridized carbons (Fsp3) is 0.0952. The number of carbonyl (C=O) groups excluding carboxylic acids is 3. The van der Waals surface area contributed by atoms with Crippen molar-refractivity contribution in [2.24, 2.45) is 0 Å². The number of β-amino-alcohol motifs (C(OH)–C–C–N with tert-alkyl or cyclic N) is 1. The molecule has 0 aliphatic carbocycles. The summed E-state index contributed by atoms with van der Waals surface area (Å²) in [6.07, 6.45) is 0.752. The quantitative estimate of drug-likeness (QED) is 0.558. The molecule has 0 spiro atoms. The third-order valence-corrected chi connectivity index (χ3v) is 4.52. The Morgan fingerprint density at radius 1 is 0.926 bits per heavy atom. The highest BCUT2D eigenvalue weighted by Crippen LogP contribution is 2.37. The van der Waals surface area contributed by atoms with Gasteiger partial charge in [-0.3, -0.25) is 19.3 Å². The van der Waals surface area contributed by atoms with E-state index in [0.717, 1.165) is 11.2 Å². The summed E-state index contributed by atoms with van der Waals surface area (Å²) in [6, 6.07) is 15.1. The lowest BCUT2D eigenvalue weighted by atomic mass is 9.93. The number of aldehydes is 1. The van der Waals surface area contributed by atoms with E-state index in [0.29, 0.717) is 39.0 Å². The summed E-state index contributed by atoms with van der Waals surface area (Å²) in [7, 11) is 0. The largest absolute Gasteiger partial charge is 0.457 e. The Hall–Kier alpha value is -3.51. The molecule has 6 heteroatoms. The molecule has 3 aromatic rings. The van der Waals surface area contributed by atoms with Gasteiger partial charge in [-0.1, -0.05) is 12.1 Å². The van der Waals surface area contributed by atoms with E-state index in [-0.39, 0.29) is 13.2 Å². The highest BCUT2D eigenvalue weighted by Gasteiger charge is 2.33. The van der Waals surface area contributed by atoms with E-state index >= 15 is 0 Å². The molecule has 0 saturated heterocycles. The number of ether oxygens (including phenoxy) is 1. The van der Waals surface area contributed by atoms with Gasteiger partial charge in [-0.05, 0) is 42.5 Å². The number of benzene rings is 3. The normalized spacial score (nSPS) is 13.1. The summed E-state index contributed by atoms with van der Waals surface area (Å²) in [5.41, 5.74) is 1.34. The van der Waals surface area contributed by atoms with Crippen molar-refractivity contribution in [2.75, 3.05) is 13.2 Å². The first-order valence-corrected chi connectivity index (χ1v) is 8.40. The van der Waals surface area contributed by atoms with E-state index in [1.807, 2.05) is 0 Å². The molecule has 1 aliphatic heterocycles. The first-order chi connectivity index (χ1) is 13.1. The average molecular weight is 361 g/mol. The van der Waals surface area contributed by atoms with Gasteiger partial charge in [0.25, 0.3) is 11.8 Å². The predicted molar refractivity (Wildman–Crippen MR) is 98.3 cm³/mol. The number of hydrogen-bond donors (Lipinski definition) is 1. The number of nitrogens with zero attached hydrogens (tertiary/aromatic N) is 1. The molecule has 0 bridgehead atoms. The number of rotatable bonds is 5. The van der Waals surface area contributed by atoms with E-state index in [2.05, 4.69) is 0 Å². The van der Waals surface area contributed by atoms with Crippen LogP contribution in [0.25, 0.3) is 10.8 Å². The Bertz CT molecular complexity index is 1050. The van der Waals surface area contributed by atoms with E-state index < -0.39 is 11.8 Å². The topological polar surface area (TPSA) is 83.9 Å². The van der Waals surface area contributed by atoms with Crippen LogP contribution in [0.2, 0.25) is 0 Å². The van der Waals surface area contributed by atoms with Crippen molar-refractivity contribution in [3.63, 3.8) is 0 Å². The molecule has 2 amide bonds. The minimum absolute atomic E-state index is 0.0468. The number of imide groups is 1. The van der Waals surface area contributed by atoms with Crippen LogP contribution in [0.3, 0.4) is 0 Å². The zero-order valence-electron chi connectivity index (χ0n) is 14.2. The van der Waals surface area contributed by atoms with Gasteiger partial charge >= 0.3 is 0 Å². The zero-order chi connectivity index (χ0) is 19.0. The van der Waals surface area contributed by atoms with Crippen LogP contribution >= 0.6 is 0 Å². The number of hydrogen-bond acceptors (Lipinski definition) is 5. The highest BCUT2D eigenvalue weighted by atomic mass is 16.5. The zero-order valence-corrected chi connectivity index (χ0v) is 14.2. The van der Waals surface area contributed by atoms with Crippen molar-refractivity contribution in [1.82, 2.24) is 4.90 Å². The molecule has 3 aromatic carbocycles. The minimum Gasteiger partial charge on any atom is -0.457 e. The van der Waals surface area contributed by atoms with Crippen molar-refractivity contribution in [3.8, 4) is 11.5 Å². The Morgan fingerprint density at radius 2 is 1.63 bits per heavy atom. The number of aliphatic hydroxyl groups excluding tert-OH is 1. The number of amides is 2. The third-order valence-electron chi connectivity index (χ3n) is 4.52. The second-order valence-electron chi connectivity index (χ2n) is 6.11. The summed E-state index contributed by atoms with van der Waals surface area (Å²) < 4.78 is 5.92. The van der Waals surface area contributed by atoms with Gasteiger partial charge < -0.3 is 9.84 Å².